The first kappa shape index (κ1) is 12.5. The number of nitrogens with one attached hydrogen (secondary N) is 1. The van der Waals surface area contributed by atoms with E-state index in [4.69, 9.17) is 11.6 Å². The van der Waals surface area contributed by atoms with Crippen molar-refractivity contribution in [2.45, 2.75) is 19.4 Å². The Hall–Kier alpha value is -0.570. The van der Waals surface area contributed by atoms with Gasteiger partial charge in [-0.1, -0.05) is 36.7 Å². The van der Waals surface area contributed by atoms with Gasteiger partial charge in [0, 0.05) is 37.2 Å². The van der Waals surface area contributed by atoms with Crippen molar-refractivity contribution < 1.29 is 0 Å². The van der Waals surface area contributed by atoms with Crippen molar-refractivity contribution >= 4 is 11.6 Å². The molecule has 1 aliphatic heterocycles. The van der Waals surface area contributed by atoms with E-state index in [1.807, 2.05) is 12.1 Å². The van der Waals surface area contributed by atoms with Crippen molar-refractivity contribution in [3.8, 4) is 0 Å². The first-order chi connectivity index (χ1) is 8.75. The normalized spacial score (nSPS) is 32.4. The van der Waals surface area contributed by atoms with Crippen LogP contribution < -0.4 is 5.32 Å². The van der Waals surface area contributed by atoms with Crippen molar-refractivity contribution in [2.24, 2.45) is 11.8 Å². The maximum absolute atomic E-state index is 6.35. The van der Waals surface area contributed by atoms with Crippen LogP contribution in [0.15, 0.2) is 24.3 Å². The fourth-order valence-corrected chi connectivity index (χ4v) is 3.23. The first-order valence-corrected chi connectivity index (χ1v) is 7.32. The van der Waals surface area contributed by atoms with Crippen LogP contribution in [0.25, 0.3) is 0 Å². The van der Waals surface area contributed by atoms with E-state index < -0.39 is 0 Å². The molecule has 0 radical (unpaired) electrons. The summed E-state index contributed by atoms with van der Waals surface area (Å²) in [6, 6.07) is 8.72. The lowest BCUT2D eigenvalue weighted by Gasteiger charge is -2.37. The number of nitrogens with zero attached hydrogens (tertiary/aromatic N) is 1. The van der Waals surface area contributed by atoms with Crippen LogP contribution in [0.2, 0.25) is 5.02 Å². The molecule has 2 aliphatic rings. The zero-order chi connectivity index (χ0) is 12.5. The third kappa shape index (κ3) is 2.56. The molecule has 0 bridgehead atoms. The van der Waals surface area contributed by atoms with Crippen molar-refractivity contribution in [2.75, 3.05) is 26.2 Å². The fourth-order valence-electron chi connectivity index (χ4n) is 2.97. The van der Waals surface area contributed by atoms with E-state index in [9.17, 15) is 0 Å². The van der Waals surface area contributed by atoms with E-state index in [1.54, 1.807) is 0 Å². The lowest BCUT2D eigenvalue weighted by atomic mass is 10.0. The van der Waals surface area contributed by atoms with Gasteiger partial charge in [0.2, 0.25) is 0 Å². The largest absolute Gasteiger partial charge is 0.314 e. The molecule has 1 aromatic rings. The van der Waals surface area contributed by atoms with Gasteiger partial charge in [0.15, 0.2) is 0 Å². The van der Waals surface area contributed by atoms with E-state index in [0.717, 1.165) is 36.5 Å². The predicted octanol–water partition coefficient (Wildman–Crippen LogP) is 2.94. The summed E-state index contributed by atoms with van der Waals surface area (Å²) in [6.07, 6.45) is 1.40. The molecule has 1 N–H and O–H groups in total. The molecular weight excluding hydrogens is 244 g/mol. The number of hydrogen-bond acceptors (Lipinski definition) is 2. The van der Waals surface area contributed by atoms with Gasteiger partial charge in [0.05, 0.1) is 0 Å². The molecule has 0 spiro atoms. The van der Waals surface area contributed by atoms with Gasteiger partial charge in [-0.25, -0.2) is 0 Å². The summed E-state index contributed by atoms with van der Waals surface area (Å²) >= 11 is 6.35. The van der Waals surface area contributed by atoms with Crippen LogP contribution in [-0.4, -0.2) is 31.1 Å². The number of rotatable bonds is 3. The van der Waals surface area contributed by atoms with Gasteiger partial charge in [0.25, 0.3) is 0 Å². The van der Waals surface area contributed by atoms with Gasteiger partial charge in [-0.2, -0.15) is 0 Å². The molecule has 18 heavy (non-hydrogen) atoms. The van der Waals surface area contributed by atoms with Gasteiger partial charge in [-0.05, 0) is 29.9 Å². The second-order valence-electron chi connectivity index (χ2n) is 5.71. The van der Waals surface area contributed by atoms with Crippen molar-refractivity contribution in [1.82, 2.24) is 10.2 Å². The predicted molar refractivity (Wildman–Crippen MR) is 75.9 cm³/mol. The summed E-state index contributed by atoms with van der Waals surface area (Å²) in [4.78, 5) is 2.62. The minimum atomic E-state index is 0.445. The second kappa shape index (κ2) is 5.20. The van der Waals surface area contributed by atoms with E-state index in [-0.39, 0.29) is 0 Å². The van der Waals surface area contributed by atoms with E-state index in [2.05, 4.69) is 29.3 Å². The third-order valence-corrected chi connectivity index (χ3v) is 4.71. The molecule has 0 aromatic heterocycles. The zero-order valence-electron chi connectivity index (χ0n) is 10.9. The second-order valence-corrected chi connectivity index (χ2v) is 6.12. The van der Waals surface area contributed by atoms with Crippen LogP contribution in [0.1, 0.15) is 24.9 Å². The molecule has 1 heterocycles. The van der Waals surface area contributed by atoms with Gasteiger partial charge in [0.1, 0.15) is 0 Å². The zero-order valence-corrected chi connectivity index (χ0v) is 11.7. The van der Waals surface area contributed by atoms with E-state index >= 15 is 0 Å². The Balaban J connectivity index is 1.77. The maximum atomic E-state index is 6.35. The summed E-state index contributed by atoms with van der Waals surface area (Å²) in [7, 11) is 0. The SMILES string of the molecule is CC1CC1CN1CCNCC1c1ccccc1Cl. The lowest BCUT2D eigenvalue weighted by Crippen LogP contribution is -2.46. The van der Waals surface area contributed by atoms with Gasteiger partial charge >= 0.3 is 0 Å². The summed E-state index contributed by atoms with van der Waals surface area (Å²) in [6.45, 7) is 6.85. The number of piperazine rings is 1. The average molecular weight is 265 g/mol. The van der Waals surface area contributed by atoms with Gasteiger partial charge in [-0.15, -0.1) is 0 Å². The molecule has 3 unspecified atom stereocenters. The Morgan fingerprint density at radius 3 is 2.89 bits per heavy atom. The van der Waals surface area contributed by atoms with Crippen molar-refractivity contribution in [1.29, 1.82) is 0 Å². The van der Waals surface area contributed by atoms with Crippen LogP contribution in [0.5, 0.6) is 0 Å². The van der Waals surface area contributed by atoms with Gasteiger partial charge < -0.3 is 5.32 Å². The minimum absolute atomic E-state index is 0.445. The topological polar surface area (TPSA) is 15.3 Å². The van der Waals surface area contributed by atoms with Crippen LogP contribution in [-0.2, 0) is 0 Å². The number of hydrogen-bond donors (Lipinski definition) is 1. The molecule has 3 rings (SSSR count). The first-order valence-electron chi connectivity index (χ1n) is 6.95. The number of halogens is 1. The highest BCUT2D eigenvalue weighted by atomic mass is 35.5. The smallest absolute Gasteiger partial charge is 0.0488 e. The Bertz CT molecular complexity index is 421. The molecule has 1 aromatic carbocycles. The summed E-state index contributed by atoms with van der Waals surface area (Å²) in [5.41, 5.74) is 1.28. The molecule has 0 amide bonds. The van der Waals surface area contributed by atoms with E-state index in [1.165, 1.54) is 18.5 Å². The van der Waals surface area contributed by atoms with E-state index in [0.29, 0.717) is 6.04 Å². The summed E-state index contributed by atoms with van der Waals surface area (Å²) in [5.74, 6) is 1.83. The van der Waals surface area contributed by atoms with Crippen LogP contribution in [0.3, 0.4) is 0 Å². The van der Waals surface area contributed by atoms with Crippen LogP contribution in [0, 0.1) is 11.8 Å². The Kier molecular flexibility index (Phi) is 3.60. The highest BCUT2D eigenvalue weighted by Gasteiger charge is 2.36. The Morgan fingerprint density at radius 2 is 2.17 bits per heavy atom. The molecule has 1 saturated carbocycles. The minimum Gasteiger partial charge on any atom is -0.314 e. The summed E-state index contributed by atoms with van der Waals surface area (Å²) in [5, 5.41) is 4.40. The quantitative estimate of drug-likeness (QED) is 0.903. The molecule has 1 saturated heterocycles. The molecule has 98 valence electrons. The molecule has 2 nitrogen and oxygen atoms in total. The molecular formula is C15H21ClN2. The van der Waals surface area contributed by atoms with Crippen molar-refractivity contribution in [3.05, 3.63) is 34.9 Å². The third-order valence-electron chi connectivity index (χ3n) is 4.36. The highest BCUT2D eigenvalue weighted by molar-refractivity contribution is 6.31. The number of benzene rings is 1. The standard InChI is InChI=1S/C15H21ClN2/c1-11-8-12(11)10-18-7-6-17-9-15(18)13-4-2-3-5-14(13)16/h2-5,11-12,15,17H,6-10H2,1H3. The Labute approximate surface area is 114 Å². The van der Waals surface area contributed by atoms with Crippen LogP contribution >= 0.6 is 11.6 Å². The maximum Gasteiger partial charge on any atom is 0.0488 e. The van der Waals surface area contributed by atoms with Crippen LogP contribution in [0.4, 0.5) is 0 Å². The molecule has 3 heteroatoms. The lowest BCUT2D eigenvalue weighted by molar-refractivity contribution is 0.153. The average Bonchev–Trinajstić information content (AvgIpc) is 3.07. The molecule has 1 aliphatic carbocycles. The molecule has 3 atom stereocenters. The fraction of sp³-hybridized carbons (Fsp3) is 0.600. The Morgan fingerprint density at radius 1 is 1.39 bits per heavy atom. The highest BCUT2D eigenvalue weighted by Crippen LogP contribution is 2.40. The summed E-state index contributed by atoms with van der Waals surface area (Å²) < 4.78 is 0. The van der Waals surface area contributed by atoms with Gasteiger partial charge in [-0.3, -0.25) is 4.90 Å². The monoisotopic (exact) mass is 264 g/mol. The van der Waals surface area contributed by atoms with Crippen molar-refractivity contribution in [3.63, 3.8) is 0 Å². The molecule has 2 fully saturated rings.